The molecule has 4 heteroatoms. The van der Waals surface area contributed by atoms with Gasteiger partial charge >= 0.3 is 11.9 Å². The number of esters is 2. The second kappa shape index (κ2) is 8.98. The maximum atomic E-state index is 12.4. The van der Waals surface area contributed by atoms with Crippen LogP contribution in [-0.4, -0.2) is 24.6 Å². The molecule has 0 aliphatic carbocycles. The molecule has 0 bridgehead atoms. The maximum Gasteiger partial charge on any atom is 0.323 e. The van der Waals surface area contributed by atoms with Crippen molar-refractivity contribution in [3.05, 3.63) is 0 Å². The molecule has 0 aliphatic rings. The third-order valence-corrected chi connectivity index (χ3v) is 3.54. The number of rotatable bonds is 9. The third-order valence-electron chi connectivity index (χ3n) is 3.54. The molecule has 0 aromatic heterocycles. The molecule has 1 atom stereocenters. The van der Waals surface area contributed by atoms with Gasteiger partial charge in [0.1, 0.15) is 0 Å². The topological polar surface area (TPSA) is 52.6 Å². The summed E-state index contributed by atoms with van der Waals surface area (Å²) in [5.74, 6) is -0.453. The van der Waals surface area contributed by atoms with E-state index in [9.17, 15) is 9.59 Å². The van der Waals surface area contributed by atoms with Crippen molar-refractivity contribution in [2.45, 2.75) is 73.3 Å². The zero-order valence-electron chi connectivity index (χ0n) is 13.8. The minimum Gasteiger partial charge on any atom is -0.465 e. The van der Waals surface area contributed by atoms with Gasteiger partial charge in [0.15, 0.2) is 5.41 Å². The van der Waals surface area contributed by atoms with E-state index in [-0.39, 0.29) is 6.10 Å². The van der Waals surface area contributed by atoms with Gasteiger partial charge in [-0.05, 0) is 38.5 Å². The van der Waals surface area contributed by atoms with E-state index >= 15 is 0 Å². The smallest absolute Gasteiger partial charge is 0.323 e. The molecule has 0 aromatic carbocycles. The van der Waals surface area contributed by atoms with Crippen molar-refractivity contribution in [1.29, 1.82) is 0 Å². The summed E-state index contributed by atoms with van der Waals surface area (Å²) in [6, 6.07) is 0. The first-order valence-corrected chi connectivity index (χ1v) is 7.72. The number of ether oxygens (including phenoxy) is 2. The van der Waals surface area contributed by atoms with Crippen molar-refractivity contribution in [3.8, 4) is 0 Å². The van der Waals surface area contributed by atoms with Crippen LogP contribution in [0, 0.1) is 11.3 Å². The Morgan fingerprint density at radius 2 is 1.55 bits per heavy atom. The Morgan fingerprint density at radius 3 is 1.95 bits per heavy atom. The van der Waals surface area contributed by atoms with Crippen LogP contribution in [0.5, 0.6) is 0 Å². The lowest BCUT2D eigenvalue weighted by Crippen LogP contribution is -2.42. The van der Waals surface area contributed by atoms with Crippen LogP contribution in [0.25, 0.3) is 0 Å². The largest absolute Gasteiger partial charge is 0.465 e. The van der Waals surface area contributed by atoms with Crippen molar-refractivity contribution in [1.82, 2.24) is 0 Å². The van der Waals surface area contributed by atoms with Gasteiger partial charge in [-0.2, -0.15) is 0 Å². The van der Waals surface area contributed by atoms with Gasteiger partial charge in [-0.15, -0.1) is 0 Å². The average molecular weight is 286 g/mol. The van der Waals surface area contributed by atoms with Crippen molar-refractivity contribution >= 4 is 11.9 Å². The summed E-state index contributed by atoms with van der Waals surface area (Å²) in [6.45, 7) is 11.9. The summed E-state index contributed by atoms with van der Waals surface area (Å²) >= 11 is 0. The van der Waals surface area contributed by atoms with E-state index in [1.165, 1.54) is 0 Å². The van der Waals surface area contributed by atoms with Gasteiger partial charge in [0.2, 0.25) is 0 Å². The second-order valence-corrected chi connectivity index (χ2v) is 5.77. The van der Waals surface area contributed by atoms with E-state index in [0.717, 1.165) is 12.8 Å². The summed E-state index contributed by atoms with van der Waals surface area (Å²) < 4.78 is 10.7. The van der Waals surface area contributed by atoms with E-state index in [1.54, 1.807) is 0 Å². The second-order valence-electron chi connectivity index (χ2n) is 5.77. The van der Waals surface area contributed by atoms with Crippen LogP contribution in [0.15, 0.2) is 0 Å². The molecule has 0 saturated carbocycles. The van der Waals surface area contributed by atoms with Crippen LogP contribution < -0.4 is 0 Å². The predicted octanol–water partition coefficient (Wildman–Crippen LogP) is 3.72. The Morgan fingerprint density at radius 1 is 1.00 bits per heavy atom. The Labute approximate surface area is 123 Å². The summed E-state index contributed by atoms with van der Waals surface area (Å²) in [5.41, 5.74) is -1.15. The molecule has 0 saturated heterocycles. The van der Waals surface area contributed by atoms with Gasteiger partial charge in [0.05, 0.1) is 12.7 Å². The van der Waals surface area contributed by atoms with Crippen LogP contribution in [0.1, 0.15) is 67.2 Å². The van der Waals surface area contributed by atoms with Gasteiger partial charge in [0, 0.05) is 0 Å². The van der Waals surface area contributed by atoms with Crippen LogP contribution in [-0.2, 0) is 19.1 Å². The molecule has 1 unspecified atom stereocenters. The molecule has 118 valence electrons. The number of hydrogen-bond donors (Lipinski definition) is 0. The molecular formula is C16H30O4. The standard InChI is InChI=1S/C16H30O4/c1-7-10-19-14(17)16(8-2,9-3)15(18)20-13(6)11-12(4)5/h12-13H,7-11H2,1-6H3. The van der Waals surface area contributed by atoms with Crippen LogP contribution in [0.4, 0.5) is 0 Å². The molecular weight excluding hydrogens is 256 g/mol. The normalized spacial score (nSPS) is 13.2. The lowest BCUT2D eigenvalue weighted by molar-refractivity contribution is -0.176. The summed E-state index contributed by atoms with van der Waals surface area (Å²) in [6.07, 6.45) is 2.16. The van der Waals surface area contributed by atoms with Gasteiger partial charge < -0.3 is 9.47 Å². The molecule has 20 heavy (non-hydrogen) atoms. The maximum absolute atomic E-state index is 12.4. The minimum absolute atomic E-state index is 0.182. The predicted molar refractivity (Wildman–Crippen MR) is 79.3 cm³/mol. The summed E-state index contributed by atoms with van der Waals surface area (Å²) in [5, 5.41) is 0. The fraction of sp³-hybridized carbons (Fsp3) is 0.875. The molecule has 4 nitrogen and oxygen atoms in total. The molecule has 0 spiro atoms. The molecule has 0 radical (unpaired) electrons. The van der Waals surface area contributed by atoms with E-state index in [2.05, 4.69) is 13.8 Å². The SMILES string of the molecule is CCCOC(=O)C(CC)(CC)C(=O)OC(C)CC(C)C. The van der Waals surface area contributed by atoms with Gasteiger partial charge in [0.25, 0.3) is 0 Å². The molecule has 0 heterocycles. The highest BCUT2D eigenvalue weighted by molar-refractivity contribution is 6.00. The molecule has 0 aromatic rings. The Balaban J connectivity index is 4.87. The molecule has 0 rings (SSSR count). The lowest BCUT2D eigenvalue weighted by atomic mass is 9.82. The molecule has 0 amide bonds. The zero-order chi connectivity index (χ0) is 15.8. The first kappa shape index (κ1) is 18.9. The van der Waals surface area contributed by atoms with Crippen molar-refractivity contribution in [2.24, 2.45) is 11.3 Å². The highest BCUT2D eigenvalue weighted by Gasteiger charge is 2.46. The summed E-state index contributed by atoms with van der Waals surface area (Å²) in [4.78, 5) is 24.6. The van der Waals surface area contributed by atoms with Crippen LogP contribution >= 0.6 is 0 Å². The summed E-state index contributed by atoms with van der Waals surface area (Å²) in [7, 11) is 0. The van der Waals surface area contributed by atoms with Crippen molar-refractivity contribution < 1.29 is 19.1 Å². The fourth-order valence-electron chi connectivity index (χ4n) is 2.25. The Bertz CT molecular complexity index is 306. The molecule has 0 N–H and O–H groups in total. The first-order valence-electron chi connectivity index (χ1n) is 7.72. The Hall–Kier alpha value is -1.06. The highest BCUT2D eigenvalue weighted by atomic mass is 16.6. The fourth-order valence-corrected chi connectivity index (χ4v) is 2.25. The highest BCUT2D eigenvalue weighted by Crippen LogP contribution is 2.31. The van der Waals surface area contributed by atoms with E-state index in [0.29, 0.717) is 25.4 Å². The minimum atomic E-state index is -1.15. The third kappa shape index (κ3) is 5.14. The van der Waals surface area contributed by atoms with E-state index in [1.807, 2.05) is 27.7 Å². The van der Waals surface area contributed by atoms with Gasteiger partial charge in [-0.3, -0.25) is 9.59 Å². The monoisotopic (exact) mass is 286 g/mol. The first-order chi connectivity index (χ1) is 9.33. The zero-order valence-corrected chi connectivity index (χ0v) is 13.8. The average Bonchev–Trinajstić information content (AvgIpc) is 2.37. The number of carbonyl (C=O) groups excluding carboxylic acids is 2. The molecule has 0 fully saturated rings. The van der Waals surface area contributed by atoms with Crippen molar-refractivity contribution in [2.75, 3.05) is 6.61 Å². The van der Waals surface area contributed by atoms with Gasteiger partial charge in [-0.25, -0.2) is 0 Å². The number of hydrogen-bond acceptors (Lipinski definition) is 4. The quantitative estimate of drug-likeness (QED) is 0.479. The lowest BCUT2D eigenvalue weighted by Gasteiger charge is -2.28. The van der Waals surface area contributed by atoms with E-state index in [4.69, 9.17) is 9.47 Å². The van der Waals surface area contributed by atoms with E-state index < -0.39 is 17.4 Å². The Kier molecular flexibility index (Phi) is 8.51. The molecule has 0 aliphatic heterocycles. The van der Waals surface area contributed by atoms with Crippen molar-refractivity contribution in [3.63, 3.8) is 0 Å². The van der Waals surface area contributed by atoms with Gasteiger partial charge in [-0.1, -0.05) is 34.6 Å². The number of carbonyl (C=O) groups is 2. The van der Waals surface area contributed by atoms with Crippen LogP contribution in [0.2, 0.25) is 0 Å². The van der Waals surface area contributed by atoms with Crippen LogP contribution in [0.3, 0.4) is 0 Å².